The van der Waals surface area contributed by atoms with E-state index in [1.807, 2.05) is 17.7 Å². The minimum atomic E-state index is 0.479. The minimum absolute atomic E-state index is 0.479. The van der Waals surface area contributed by atoms with E-state index >= 15 is 0 Å². The molecule has 0 aliphatic rings. The van der Waals surface area contributed by atoms with Crippen molar-refractivity contribution in [2.75, 3.05) is 0 Å². The van der Waals surface area contributed by atoms with Gasteiger partial charge < -0.3 is 5.32 Å². The molecule has 108 valence electrons. The molecular weight excluding hydrogens is 248 g/mol. The molecule has 0 saturated carbocycles. The van der Waals surface area contributed by atoms with Crippen molar-refractivity contribution in [1.82, 2.24) is 20.1 Å². The van der Waals surface area contributed by atoms with Gasteiger partial charge in [0.1, 0.15) is 0 Å². The lowest BCUT2D eigenvalue weighted by Gasteiger charge is -2.11. The van der Waals surface area contributed by atoms with Crippen LogP contribution in [0, 0.1) is 27.7 Å². The molecule has 0 saturated heterocycles. The van der Waals surface area contributed by atoms with Crippen LogP contribution in [0.5, 0.6) is 0 Å². The van der Waals surface area contributed by atoms with Crippen molar-refractivity contribution in [3.05, 3.63) is 40.3 Å². The zero-order valence-corrected chi connectivity index (χ0v) is 13.3. The van der Waals surface area contributed by atoms with Crippen LogP contribution < -0.4 is 5.32 Å². The summed E-state index contributed by atoms with van der Waals surface area (Å²) >= 11 is 0. The Hall–Kier alpha value is -1.68. The van der Waals surface area contributed by atoms with Gasteiger partial charge >= 0.3 is 0 Å². The molecule has 2 rings (SSSR count). The second-order valence-electron chi connectivity index (χ2n) is 5.66. The maximum atomic E-state index is 4.70. The standard InChI is InChI=1S/C16H24N4/c1-10(2)17-9-15-7-8-16(18-13(15)5)20-14(6)11(3)12(4)19-20/h7-8,10,17H,9H2,1-6H3. The lowest BCUT2D eigenvalue weighted by atomic mass is 10.2. The van der Waals surface area contributed by atoms with E-state index in [0.717, 1.165) is 29.4 Å². The fourth-order valence-electron chi connectivity index (χ4n) is 2.14. The van der Waals surface area contributed by atoms with Gasteiger partial charge in [-0.15, -0.1) is 0 Å². The number of pyridine rings is 1. The van der Waals surface area contributed by atoms with E-state index in [0.29, 0.717) is 6.04 Å². The first kappa shape index (κ1) is 14.7. The van der Waals surface area contributed by atoms with E-state index in [1.165, 1.54) is 11.1 Å². The lowest BCUT2D eigenvalue weighted by Crippen LogP contribution is -2.22. The van der Waals surface area contributed by atoms with Crippen molar-refractivity contribution in [3.63, 3.8) is 0 Å². The van der Waals surface area contributed by atoms with E-state index < -0.39 is 0 Å². The quantitative estimate of drug-likeness (QED) is 0.930. The van der Waals surface area contributed by atoms with Crippen LogP contribution in [0.15, 0.2) is 12.1 Å². The van der Waals surface area contributed by atoms with Crippen LogP contribution in [-0.2, 0) is 6.54 Å². The molecule has 0 atom stereocenters. The van der Waals surface area contributed by atoms with Gasteiger partial charge in [0.25, 0.3) is 0 Å². The van der Waals surface area contributed by atoms with Crippen LogP contribution in [0.2, 0.25) is 0 Å². The molecule has 0 fully saturated rings. The smallest absolute Gasteiger partial charge is 0.153 e. The van der Waals surface area contributed by atoms with Crippen molar-refractivity contribution >= 4 is 0 Å². The topological polar surface area (TPSA) is 42.7 Å². The molecule has 4 nitrogen and oxygen atoms in total. The molecule has 0 unspecified atom stereocenters. The van der Waals surface area contributed by atoms with Crippen molar-refractivity contribution < 1.29 is 0 Å². The molecule has 0 bridgehead atoms. The molecule has 2 aromatic heterocycles. The Labute approximate surface area is 121 Å². The second-order valence-corrected chi connectivity index (χ2v) is 5.66. The second kappa shape index (κ2) is 5.75. The Morgan fingerprint density at radius 1 is 1.10 bits per heavy atom. The Morgan fingerprint density at radius 2 is 1.80 bits per heavy atom. The summed E-state index contributed by atoms with van der Waals surface area (Å²) in [6.07, 6.45) is 0. The zero-order chi connectivity index (χ0) is 14.9. The third-order valence-corrected chi connectivity index (χ3v) is 3.75. The average Bonchev–Trinajstić information content (AvgIpc) is 2.65. The third kappa shape index (κ3) is 2.90. The molecule has 0 aliphatic carbocycles. The first-order valence-electron chi connectivity index (χ1n) is 7.13. The first-order valence-corrected chi connectivity index (χ1v) is 7.13. The van der Waals surface area contributed by atoms with Gasteiger partial charge in [-0.25, -0.2) is 9.67 Å². The van der Waals surface area contributed by atoms with Crippen LogP contribution in [0.4, 0.5) is 0 Å². The molecular formula is C16H24N4. The monoisotopic (exact) mass is 272 g/mol. The number of aromatic nitrogens is 3. The lowest BCUT2D eigenvalue weighted by molar-refractivity contribution is 0.586. The highest BCUT2D eigenvalue weighted by atomic mass is 15.3. The molecule has 2 heterocycles. The molecule has 1 N–H and O–H groups in total. The molecule has 0 amide bonds. The summed E-state index contributed by atoms with van der Waals surface area (Å²) in [5, 5.41) is 7.99. The zero-order valence-electron chi connectivity index (χ0n) is 13.3. The highest BCUT2D eigenvalue weighted by Gasteiger charge is 2.11. The van der Waals surface area contributed by atoms with Crippen molar-refractivity contribution in [1.29, 1.82) is 0 Å². The summed E-state index contributed by atoms with van der Waals surface area (Å²) in [5.74, 6) is 0.893. The first-order chi connectivity index (χ1) is 9.40. The van der Waals surface area contributed by atoms with Crippen LogP contribution in [-0.4, -0.2) is 20.8 Å². The maximum absolute atomic E-state index is 4.70. The molecule has 20 heavy (non-hydrogen) atoms. The van der Waals surface area contributed by atoms with E-state index in [-0.39, 0.29) is 0 Å². The van der Waals surface area contributed by atoms with Crippen molar-refractivity contribution in [2.45, 2.75) is 54.1 Å². The number of nitrogens with zero attached hydrogens (tertiary/aromatic N) is 3. The molecule has 4 heteroatoms. The molecule has 0 aliphatic heterocycles. The predicted molar refractivity (Wildman–Crippen MR) is 82.3 cm³/mol. The molecule has 2 aromatic rings. The molecule has 0 radical (unpaired) electrons. The van der Waals surface area contributed by atoms with E-state index in [4.69, 9.17) is 4.98 Å². The van der Waals surface area contributed by atoms with Gasteiger partial charge in [0, 0.05) is 24.0 Å². The number of hydrogen-bond acceptors (Lipinski definition) is 3. The van der Waals surface area contributed by atoms with Gasteiger partial charge in [-0.1, -0.05) is 19.9 Å². The molecule has 0 spiro atoms. The number of rotatable bonds is 4. The Balaban J connectivity index is 2.31. The highest BCUT2D eigenvalue weighted by molar-refractivity contribution is 5.34. The SMILES string of the molecule is Cc1nc(-n2nc(C)c(C)c2C)ccc1CNC(C)C. The van der Waals surface area contributed by atoms with Gasteiger partial charge in [-0.05, 0) is 44.9 Å². The van der Waals surface area contributed by atoms with E-state index in [2.05, 4.69) is 51.1 Å². The Morgan fingerprint density at radius 3 is 2.30 bits per heavy atom. The summed E-state index contributed by atoms with van der Waals surface area (Å²) in [4.78, 5) is 4.70. The van der Waals surface area contributed by atoms with Crippen LogP contribution in [0.25, 0.3) is 5.82 Å². The van der Waals surface area contributed by atoms with Crippen LogP contribution in [0.3, 0.4) is 0 Å². The minimum Gasteiger partial charge on any atom is -0.310 e. The van der Waals surface area contributed by atoms with E-state index in [9.17, 15) is 0 Å². The number of hydrogen-bond donors (Lipinski definition) is 1. The van der Waals surface area contributed by atoms with Gasteiger partial charge in [-0.3, -0.25) is 0 Å². The fraction of sp³-hybridized carbons (Fsp3) is 0.500. The summed E-state index contributed by atoms with van der Waals surface area (Å²) in [7, 11) is 0. The van der Waals surface area contributed by atoms with Gasteiger partial charge in [0.05, 0.1) is 5.69 Å². The van der Waals surface area contributed by atoms with Crippen molar-refractivity contribution in [2.24, 2.45) is 0 Å². The summed E-state index contributed by atoms with van der Waals surface area (Å²) in [6, 6.07) is 4.66. The Bertz CT molecular complexity index is 611. The van der Waals surface area contributed by atoms with E-state index in [1.54, 1.807) is 0 Å². The van der Waals surface area contributed by atoms with Gasteiger partial charge in [-0.2, -0.15) is 5.10 Å². The Kier molecular flexibility index (Phi) is 4.23. The summed E-state index contributed by atoms with van der Waals surface area (Å²) < 4.78 is 1.93. The molecule has 0 aromatic carbocycles. The van der Waals surface area contributed by atoms with Gasteiger partial charge in [0.15, 0.2) is 5.82 Å². The van der Waals surface area contributed by atoms with Gasteiger partial charge in [0.2, 0.25) is 0 Å². The normalized spacial score (nSPS) is 11.3. The highest BCUT2D eigenvalue weighted by Crippen LogP contribution is 2.17. The predicted octanol–water partition coefficient (Wildman–Crippen LogP) is 3.00. The largest absolute Gasteiger partial charge is 0.310 e. The fourth-order valence-corrected chi connectivity index (χ4v) is 2.14. The third-order valence-electron chi connectivity index (χ3n) is 3.75. The van der Waals surface area contributed by atoms with Crippen LogP contribution >= 0.6 is 0 Å². The number of aryl methyl sites for hydroxylation is 2. The average molecular weight is 272 g/mol. The van der Waals surface area contributed by atoms with Crippen LogP contribution in [0.1, 0.15) is 42.1 Å². The number of nitrogens with one attached hydrogen (secondary N) is 1. The maximum Gasteiger partial charge on any atom is 0.153 e. The summed E-state index contributed by atoms with van der Waals surface area (Å²) in [6.45, 7) is 13.4. The summed E-state index contributed by atoms with van der Waals surface area (Å²) in [5.41, 5.74) is 5.74. The van der Waals surface area contributed by atoms with Crippen molar-refractivity contribution in [3.8, 4) is 5.82 Å².